The summed E-state index contributed by atoms with van der Waals surface area (Å²) in [6.45, 7) is 3.13. The number of hydrogen-bond acceptors (Lipinski definition) is 16. The molecule has 2 fully saturated rings. The van der Waals surface area contributed by atoms with E-state index in [0.29, 0.717) is 57.6 Å². The molecule has 2 aliphatic rings. The molecule has 20 heteroatoms. The number of aliphatic hydroxyl groups is 2. The highest BCUT2D eigenvalue weighted by Crippen LogP contribution is 2.33. The van der Waals surface area contributed by atoms with Crippen LogP contribution in [0.25, 0.3) is 21.1 Å². The fourth-order valence-corrected chi connectivity index (χ4v) is 7.35. The summed E-state index contributed by atoms with van der Waals surface area (Å²) in [6, 6.07) is 8.96. The normalized spacial score (nSPS) is 20.3. The van der Waals surface area contributed by atoms with Crippen molar-refractivity contribution in [1.82, 2.24) is 41.3 Å². The van der Waals surface area contributed by atoms with Gasteiger partial charge in [0.05, 0.1) is 9.75 Å². The van der Waals surface area contributed by atoms with Crippen molar-refractivity contribution in [3.63, 3.8) is 0 Å². The van der Waals surface area contributed by atoms with Crippen molar-refractivity contribution in [3.8, 4) is 21.1 Å². The van der Waals surface area contributed by atoms with Crippen LogP contribution in [-0.4, -0.2) is 64.8 Å². The Bertz CT molecular complexity index is 2040. The van der Waals surface area contributed by atoms with E-state index in [9.17, 15) is 28.6 Å². The lowest BCUT2D eigenvalue weighted by atomic mass is 9.78. The maximum absolute atomic E-state index is 13.1. The number of thiophene rings is 2. The molecule has 0 bridgehead atoms. The third-order valence-electron chi connectivity index (χ3n) is 8.87. The second kappa shape index (κ2) is 16.0. The number of carbonyl (C=O) groups is 2. The fraction of sp³-hybridized carbons (Fsp3) is 0.412. The standard InChI is InChI=1S/2C17H17FN4O4S/c2*1-8(23)17-21-20-15(25-17)6-9-4-10(5-9)19-16(24)12-7-11(22-26-12)13-2-3-14(18)27-13/h2*2-3,7-10,23H,4-6H2,1H3,(H,19,24)/t2*8-,9?,10?/m11/s1. The number of halogens is 2. The molecule has 2 amide bonds. The molecule has 54 heavy (non-hydrogen) atoms. The molecule has 6 heterocycles. The van der Waals surface area contributed by atoms with Crippen molar-refractivity contribution >= 4 is 34.5 Å². The SMILES string of the molecule is C[C@@H](O)c1nnc(CC2CC(NC(=O)c3cc(-c4ccc(F)s4)no3)C2)o1.C[C@@H](O)c1nnc(CC2CC(NC(=O)c3cc(-c4ccc(F)s4)no3)C2)o1. The Kier molecular flexibility index (Phi) is 11.0. The molecule has 6 aromatic rings. The Morgan fingerprint density at radius 3 is 1.46 bits per heavy atom. The minimum absolute atomic E-state index is 0.0365. The second-order valence-corrected chi connectivity index (χ2v) is 15.3. The number of rotatable bonds is 12. The van der Waals surface area contributed by atoms with Crippen LogP contribution in [-0.2, 0) is 12.8 Å². The Morgan fingerprint density at radius 2 is 1.13 bits per heavy atom. The number of nitrogens with zero attached hydrogens (tertiary/aromatic N) is 6. The molecule has 0 aliphatic heterocycles. The van der Waals surface area contributed by atoms with Gasteiger partial charge in [-0.2, -0.15) is 8.78 Å². The maximum Gasteiger partial charge on any atom is 0.290 e. The zero-order chi connectivity index (χ0) is 37.9. The molecule has 8 rings (SSSR count). The van der Waals surface area contributed by atoms with Crippen LogP contribution in [0.15, 0.2) is 54.3 Å². The lowest BCUT2D eigenvalue weighted by Crippen LogP contribution is -2.44. The topological polar surface area (TPSA) is 229 Å². The number of carbonyl (C=O) groups excluding carboxylic acids is 2. The van der Waals surface area contributed by atoms with Crippen molar-refractivity contribution in [2.75, 3.05) is 0 Å². The molecule has 0 aromatic carbocycles. The Labute approximate surface area is 313 Å². The summed E-state index contributed by atoms with van der Waals surface area (Å²) in [4.78, 5) is 25.7. The molecule has 0 spiro atoms. The predicted octanol–water partition coefficient (Wildman–Crippen LogP) is 5.46. The summed E-state index contributed by atoms with van der Waals surface area (Å²) >= 11 is 1.89. The van der Waals surface area contributed by atoms with E-state index in [1.807, 2.05) is 0 Å². The Balaban J connectivity index is 0.000000167. The van der Waals surface area contributed by atoms with E-state index in [1.54, 1.807) is 26.0 Å². The van der Waals surface area contributed by atoms with Crippen molar-refractivity contribution in [2.24, 2.45) is 11.8 Å². The van der Waals surface area contributed by atoms with E-state index in [1.165, 1.54) is 24.3 Å². The lowest BCUT2D eigenvalue weighted by molar-refractivity contribution is 0.0840. The van der Waals surface area contributed by atoms with Gasteiger partial charge in [-0.3, -0.25) is 9.59 Å². The molecule has 2 atom stereocenters. The smallest absolute Gasteiger partial charge is 0.290 e. The summed E-state index contributed by atoms with van der Waals surface area (Å²) in [5, 5.41) is 47.0. The van der Waals surface area contributed by atoms with Gasteiger partial charge in [0.1, 0.15) is 23.6 Å². The summed E-state index contributed by atoms with van der Waals surface area (Å²) in [6.07, 6.45) is 2.81. The first-order chi connectivity index (χ1) is 25.9. The van der Waals surface area contributed by atoms with Crippen LogP contribution in [0.2, 0.25) is 0 Å². The minimum atomic E-state index is -0.780. The van der Waals surface area contributed by atoms with E-state index in [-0.39, 0.29) is 57.5 Å². The van der Waals surface area contributed by atoms with E-state index in [0.717, 1.165) is 48.4 Å². The molecule has 4 N–H and O–H groups in total. The largest absolute Gasteiger partial charge is 0.422 e. The number of nitrogens with one attached hydrogen (secondary N) is 2. The molecule has 284 valence electrons. The zero-order valence-corrected chi connectivity index (χ0v) is 30.4. The Morgan fingerprint density at radius 1 is 0.722 bits per heavy atom. The first-order valence-corrected chi connectivity index (χ1v) is 18.7. The summed E-state index contributed by atoms with van der Waals surface area (Å²) in [5.41, 5.74) is 0.872. The molecular formula is C34H34F2N8O8S2. The van der Waals surface area contributed by atoms with Gasteiger partial charge in [-0.25, -0.2) is 0 Å². The van der Waals surface area contributed by atoms with Gasteiger partial charge in [0, 0.05) is 37.1 Å². The monoisotopic (exact) mass is 784 g/mol. The van der Waals surface area contributed by atoms with Crippen LogP contribution in [0, 0.1) is 22.1 Å². The van der Waals surface area contributed by atoms with E-state index >= 15 is 0 Å². The third-order valence-corrected chi connectivity index (χ3v) is 10.7. The second-order valence-electron chi connectivity index (χ2n) is 13.2. The van der Waals surface area contributed by atoms with Crippen LogP contribution in [0.1, 0.15) is 96.4 Å². The van der Waals surface area contributed by atoms with Gasteiger partial charge in [-0.05, 0) is 75.6 Å². The number of aromatic nitrogens is 6. The van der Waals surface area contributed by atoms with Gasteiger partial charge in [-0.1, -0.05) is 10.3 Å². The average Bonchev–Trinajstić information content (AvgIpc) is 3.94. The minimum Gasteiger partial charge on any atom is -0.422 e. The number of amides is 2. The van der Waals surface area contributed by atoms with Gasteiger partial charge in [0.15, 0.2) is 10.3 Å². The number of hydrogen-bond donors (Lipinski definition) is 4. The lowest BCUT2D eigenvalue weighted by Gasteiger charge is -2.34. The van der Waals surface area contributed by atoms with E-state index in [4.69, 9.17) is 17.9 Å². The van der Waals surface area contributed by atoms with Gasteiger partial charge < -0.3 is 38.7 Å². The molecule has 0 radical (unpaired) electrons. The van der Waals surface area contributed by atoms with Crippen LogP contribution < -0.4 is 10.6 Å². The van der Waals surface area contributed by atoms with Gasteiger partial charge in [0.2, 0.25) is 35.1 Å². The third kappa shape index (κ3) is 8.95. The van der Waals surface area contributed by atoms with Crippen molar-refractivity contribution in [2.45, 2.75) is 76.7 Å². The van der Waals surface area contributed by atoms with E-state index < -0.39 is 12.2 Å². The highest BCUT2D eigenvalue weighted by atomic mass is 32.1. The molecular weight excluding hydrogens is 751 g/mol. The Hall–Kier alpha value is -5.18. The average molecular weight is 785 g/mol. The van der Waals surface area contributed by atoms with Crippen molar-refractivity contribution in [1.29, 1.82) is 0 Å². The van der Waals surface area contributed by atoms with E-state index in [2.05, 4.69) is 41.3 Å². The van der Waals surface area contributed by atoms with Crippen molar-refractivity contribution in [3.05, 3.63) is 81.7 Å². The van der Waals surface area contributed by atoms with Crippen LogP contribution >= 0.6 is 22.7 Å². The summed E-state index contributed by atoms with van der Waals surface area (Å²) in [5.74, 6) is 1.57. The molecule has 0 saturated heterocycles. The van der Waals surface area contributed by atoms with Crippen LogP contribution in [0.5, 0.6) is 0 Å². The summed E-state index contributed by atoms with van der Waals surface area (Å²) in [7, 11) is 0. The van der Waals surface area contributed by atoms with Crippen LogP contribution in [0.3, 0.4) is 0 Å². The van der Waals surface area contributed by atoms with Crippen molar-refractivity contribution < 1.29 is 46.5 Å². The molecule has 16 nitrogen and oxygen atoms in total. The van der Waals surface area contributed by atoms with Gasteiger partial charge in [0.25, 0.3) is 11.8 Å². The van der Waals surface area contributed by atoms with Gasteiger partial charge >= 0.3 is 0 Å². The maximum atomic E-state index is 13.1. The highest BCUT2D eigenvalue weighted by Gasteiger charge is 2.34. The first-order valence-electron chi connectivity index (χ1n) is 17.0. The zero-order valence-electron chi connectivity index (χ0n) is 28.8. The fourth-order valence-electron chi connectivity index (χ4n) is 5.98. The quantitative estimate of drug-likeness (QED) is 0.121. The molecule has 6 aromatic heterocycles. The highest BCUT2D eigenvalue weighted by molar-refractivity contribution is 7.14. The molecule has 0 unspecified atom stereocenters. The summed E-state index contributed by atoms with van der Waals surface area (Å²) < 4.78 is 47.1. The molecule has 2 aliphatic carbocycles. The first kappa shape index (κ1) is 37.1. The predicted molar refractivity (Wildman–Crippen MR) is 185 cm³/mol. The van der Waals surface area contributed by atoms with Gasteiger partial charge in [-0.15, -0.1) is 43.1 Å². The van der Waals surface area contributed by atoms with Crippen LogP contribution in [0.4, 0.5) is 8.78 Å². The number of aliphatic hydroxyl groups excluding tert-OH is 2. The molecule has 2 saturated carbocycles.